The van der Waals surface area contributed by atoms with E-state index in [1.54, 1.807) is 0 Å². The van der Waals surface area contributed by atoms with E-state index in [1.165, 1.54) is 36.5 Å². The molecule has 1 heterocycles. The second kappa shape index (κ2) is 5.38. The lowest BCUT2D eigenvalue weighted by Crippen LogP contribution is -2.13. The number of nitrogens with one attached hydrogen (secondary N) is 1. The number of carbonyl (C=O) groups excluding carboxylic acids is 1. The molecular formula is C13H11FN2O3S. The van der Waals surface area contributed by atoms with Crippen molar-refractivity contribution in [2.45, 2.75) is 4.90 Å². The van der Waals surface area contributed by atoms with Gasteiger partial charge in [0.2, 0.25) is 5.95 Å². The lowest BCUT2D eigenvalue weighted by molar-refractivity contribution is 0.102. The Morgan fingerprint density at radius 2 is 2.00 bits per heavy atom. The van der Waals surface area contributed by atoms with Crippen LogP contribution in [0.1, 0.15) is 10.4 Å². The molecule has 0 bridgehead atoms. The van der Waals surface area contributed by atoms with E-state index >= 15 is 0 Å². The number of sulfone groups is 1. The maximum atomic E-state index is 12.6. The van der Waals surface area contributed by atoms with Crippen molar-refractivity contribution >= 4 is 21.4 Å². The van der Waals surface area contributed by atoms with Crippen LogP contribution in [0.5, 0.6) is 0 Å². The normalized spacial score (nSPS) is 11.1. The second-order valence-electron chi connectivity index (χ2n) is 4.12. The van der Waals surface area contributed by atoms with Gasteiger partial charge in [-0.3, -0.25) is 4.79 Å². The van der Waals surface area contributed by atoms with Crippen molar-refractivity contribution < 1.29 is 17.6 Å². The molecule has 1 amide bonds. The van der Waals surface area contributed by atoms with Gasteiger partial charge in [-0.05, 0) is 30.3 Å². The van der Waals surface area contributed by atoms with Gasteiger partial charge in [0.1, 0.15) is 0 Å². The summed E-state index contributed by atoms with van der Waals surface area (Å²) in [7, 11) is -3.38. The molecular weight excluding hydrogens is 283 g/mol. The van der Waals surface area contributed by atoms with Crippen molar-refractivity contribution in [1.29, 1.82) is 0 Å². The Labute approximate surface area is 115 Å². The Balaban J connectivity index is 2.23. The van der Waals surface area contributed by atoms with Crippen LogP contribution in [0.4, 0.5) is 10.1 Å². The van der Waals surface area contributed by atoms with Gasteiger partial charge in [0.15, 0.2) is 9.84 Å². The van der Waals surface area contributed by atoms with E-state index in [9.17, 15) is 17.6 Å². The summed E-state index contributed by atoms with van der Waals surface area (Å²) >= 11 is 0. The summed E-state index contributed by atoms with van der Waals surface area (Å²) in [5, 5.41) is 2.50. The maximum absolute atomic E-state index is 12.6. The minimum atomic E-state index is -3.38. The standard InChI is InChI=1S/C13H11FN2O3S/c1-20(18,19)11-4-2-3-9(7-11)13(17)16-10-5-6-12(14)15-8-10/h2-8H,1H3,(H,16,17). The molecule has 0 atom stereocenters. The van der Waals surface area contributed by atoms with E-state index < -0.39 is 21.7 Å². The van der Waals surface area contributed by atoms with Gasteiger partial charge in [-0.15, -0.1) is 0 Å². The first-order valence-electron chi connectivity index (χ1n) is 5.59. The molecule has 0 radical (unpaired) electrons. The van der Waals surface area contributed by atoms with Crippen LogP contribution in [0.15, 0.2) is 47.5 Å². The van der Waals surface area contributed by atoms with Crippen molar-refractivity contribution in [2.75, 3.05) is 11.6 Å². The number of pyridine rings is 1. The number of amides is 1. The number of benzene rings is 1. The number of halogens is 1. The first-order chi connectivity index (χ1) is 9.36. The van der Waals surface area contributed by atoms with E-state index in [0.29, 0.717) is 5.69 Å². The summed E-state index contributed by atoms with van der Waals surface area (Å²) in [5.74, 6) is -1.15. The zero-order valence-corrected chi connectivity index (χ0v) is 11.3. The molecule has 0 aliphatic carbocycles. The highest BCUT2D eigenvalue weighted by atomic mass is 32.2. The van der Waals surface area contributed by atoms with E-state index in [-0.39, 0.29) is 10.5 Å². The molecule has 0 aliphatic heterocycles. The summed E-state index contributed by atoms with van der Waals surface area (Å²) in [6.07, 6.45) is 2.24. The summed E-state index contributed by atoms with van der Waals surface area (Å²) in [6, 6.07) is 8.13. The first-order valence-corrected chi connectivity index (χ1v) is 7.48. The van der Waals surface area contributed by atoms with E-state index in [0.717, 1.165) is 12.3 Å². The highest BCUT2D eigenvalue weighted by molar-refractivity contribution is 7.90. The van der Waals surface area contributed by atoms with Crippen LogP contribution in [0.2, 0.25) is 0 Å². The minimum Gasteiger partial charge on any atom is -0.321 e. The Kier molecular flexibility index (Phi) is 3.80. The van der Waals surface area contributed by atoms with Crippen molar-refractivity contribution in [3.8, 4) is 0 Å². The van der Waals surface area contributed by atoms with Gasteiger partial charge in [-0.25, -0.2) is 13.4 Å². The van der Waals surface area contributed by atoms with Crippen LogP contribution in [0.3, 0.4) is 0 Å². The molecule has 20 heavy (non-hydrogen) atoms. The van der Waals surface area contributed by atoms with Crippen LogP contribution in [-0.2, 0) is 9.84 Å². The fourth-order valence-corrected chi connectivity index (χ4v) is 2.19. The fourth-order valence-electron chi connectivity index (χ4n) is 1.52. The van der Waals surface area contributed by atoms with Gasteiger partial charge in [0.05, 0.1) is 16.8 Å². The molecule has 2 aromatic rings. The summed E-state index contributed by atoms with van der Waals surface area (Å²) in [6.45, 7) is 0. The van der Waals surface area contributed by atoms with Crippen LogP contribution < -0.4 is 5.32 Å². The number of hydrogen-bond donors (Lipinski definition) is 1. The summed E-state index contributed by atoms with van der Waals surface area (Å²) in [4.78, 5) is 15.4. The zero-order valence-electron chi connectivity index (χ0n) is 10.5. The molecule has 104 valence electrons. The van der Waals surface area contributed by atoms with Crippen molar-refractivity contribution in [3.63, 3.8) is 0 Å². The largest absolute Gasteiger partial charge is 0.321 e. The fraction of sp³-hybridized carbons (Fsp3) is 0.0769. The molecule has 5 nitrogen and oxygen atoms in total. The van der Waals surface area contributed by atoms with Crippen molar-refractivity contribution in [1.82, 2.24) is 4.98 Å². The highest BCUT2D eigenvalue weighted by Crippen LogP contribution is 2.13. The Morgan fingerprint density at radius 1 is 1.25 bits per heavy atom. The molecule has 0 saturated heterocycles. The first kappa shape index (κ1) is 14.1. The highest BCUT2D eigenvalue weighted by Gasteiger charge is 2.11. The van der Waals surface area contributed by atoms with Crippen LogP contribution in [0, 0.1) is 5.95 Å². The number of hydrogen-bond acceptors (Lipinski definition) is 4. The molecule has 0 aliphatic rings. The summed E-state index contributed by atoms with van der Waals surface area (Å²) < 4.78 is 35.5. The van der Waals surface area contributed by atoms with Gasteiger partial charge in [0.25, 0.3) is 5.91 Å². The van der Waals surface area contributed by atoms with Gasteiger partial charge in [-0.1, -0.05) is 6.07 Å². The number of anilines is 1. The van der Waals surface area contributed by atoms with Gasteiger partial charge in [0, 0.05) is 11.8 Å². The maximum Gasteiger partial charge on any atom is 0.255 e. The zero-order chi connectivity index (χ0) is 14.8. The smallest absolute Gasteiger partial charge is 0.255 e. The molecule has 0 fully saturated rings. The topological polar surface area (TPSA) is 76.1 Å². The monoisotopic (exact) mass is 294 g/mol. The molecule has 1 aromatic carbocycles. The van der Waals surface area contributed by atoms with Crippen molar-refractivity contribution in [3.05, 3.63) is 54.1 Å². The van der Waals surface area contributed by atoms with Crippen LogP contribution >= 0.6 is 0 Å². The Bertz CT molecular complexity index is 742. The molecule has 1 aromatic heterocycles. The van der Waals surface area contributed by atoms with Crippen molar-refractivity contribution in [2.24, 2.45) is 0 Å². The van der Waals surface area contributed by atoms with E-state index in [1.807, 2.05) is 0 Å². The lowest BCUT2D eigenvalue weighted by atomic mass is 10.2. The Morgan fingerprint density at radius 3 is 2.60 bits per heavy atom. The average molecular weight is 294 g/mol. The quantitative estimate of drug-likeness (QED) is 0.877. The molecule has 0 unspecified atom stereocenters. The number of nitrogens with zero attached hydrogens (tertiary/aromatic N) is 1. The molecule has 1 N–H and O–H groups in total. The SMILES string of the molecule is CS(=O)(=O)c1cccc(C(=O)Nc2ccc(F)nc2)c1. The van der Waals surface area contributed by atoms with Crippen LogP contribution in [-0.4, -0.2) is 25.6 Å². The third kappa shape index (κ3) is 3.39. The third-order valence-corrected chi connectivity index (χ3v) is 3.62. The third-order valence-electron chi connectivity index (χ3n) is 2.51. The van der Waals surface area contributed by atoms with Gasteiger partial charge >= 0.3 is 0 Å². The Hall–Kier alpha value is -2.28. The lowest BCUT2D eigenvalue weighted by Gasteiger charge is -2.06. The number of rotatable bonds is 3. The van der Waals surface area contributed by atoms with Gasteiger partial charge in [-0.2, -0.15) is 4.39 Å². The molecule has 0 saturated carbocycles. The molecule has 0 spiro atoms. The van der Waals surface area contributed by atoms with E-state index in [4.69, 9.17) is 0 Å². The minimum absolute atomic E-state index is 0.0578. The number of aromatic nitrogens is 1. The molecule has 7 heteroatoms. The van der Waals surface area contributed by atoms with E-state index in [2.05, 4.69) is 10.3 Å². The second-order valence-corrected chi connectivity index (χ2v) is 6.14. The predicted molar refractivity (Wildman–Crippen MR) is 71.7 cm³/mol. The predicted octanol–water partition coefficient (Wildman–Crippen LogP) is 1.88. The number of carbonyl (C=O) groups is 1. The van der Waals surface area contributed by atoms with Crippen LogP contribution in [0.25, 0.3) is 0 Å². The van der Waals surface area contributed by atoms with Gasteiger partial charge < -0.3 is 5.32 Å². The average Bonchev–Trinajstić information content (AvgIpc) is 2.40. The molecule has 2 rings (SSSR count). The summed E-state index contributed by atoms with van der Waals surface area (Å²) in [5.41, 5.74) is 0.512.